The number of carbonyl (C=O) groups is 1. The molecule has 114 valence electrons. The molecular formula is C14H14BrN5O2. The zero-order valence-electron chi connectivity index (χ0n) is 11.8. The van der Waals surface area contributed by atoms with E-state index in [1.54, 1.807) is 30.7 Å². The van der Waals surface area contributed by atoms with E-state index >= 15 is 0 Å². The molecule has 7 nitrogen and oxygen atoms in total. The number of halogens is 1. The van der Waals surface area contributed by atoms with Crippen LogP contribution in [0.4, 0.5) is 0 Å². The van der Waals surface area contributed by atoms with Crippen LogP contribution >= 0.6 is 15.9 Å². The summed E-state index contributed by atoms with van der Waals surface area (Å²) in [5.41, 5.74) is 1.89. The second-order valence-electron chi connectivity index (χ2n) is 4.58. The maximum atomic E-state index is 12.2. The summed E-state index contributed by atoms with van der Waals surface area (Å²) in [6, 6.07) is 5.23. The number of aromatic nitrogens is 4. The maximum absolute atomic E-state index is 12.2. The van der Waals surface area contributed by atoms with Crippen LogP contribution in [0.25, 0.3) is 11.5 Å². The van der Waals surface area contributed by atoms with Crippen molar-refractivity contribution in [2.75, 3.05) is 0 Å². The van der Waals surface area contributed by atoms with Gasteiger partial charge in [-0.15, -0.1) is 0 Å². The first kappa shape index (κ1) is 14.6. The van der Waals surface area contributed by atoms with Gasteiger partial charge in [0.25, 0.3) is 5.91 Å². The molecule has 0 fully saturated rings. The topological polar surface area (TPSA) is 88.7 Å². The molecule has 0 aliphatic heterocycles. The highest BCUT2D eigenvalue weighted by atomic mass is 79.9. The van der Waals surface area contributed by atoms with Gasteiger partial charge in [0.05, 0.1) is 29.2 Å². The van der Waals surface area contributed by atoms with E-state index in [0.717, 1.165) is 16.7 Å². The van der Waals surface area contributed by atoms with Crippen molar-refractivity contribution in [3.63, 3.8) is 0 Å². The van der Waals surface area contributed by atoms with Crippen LogP contribution in [-0.2, 0) is 13.1 Å². The zero-order chi connectivity index (χ0) is 15.5. The third-order valence-corrected chi connectivity index (χ3v) is 3.87. The Morgan fingerprint density at radius 1 is 1.55 bits per heavy atom. The smallest absolute Gasteiger partial charge is 0.272 e. The van der Waals surface area contributed by atoms with Gasteiger partial charge < -0.3 is 9.73 Å². The Labute approximate surface area is 134 Å². The summed E-state index contributed by atoms with van der Waals surface area (Å²) in [6.45, 7) is 3.10. The third-order valence-electron chi connectivity index (χ3n) is 3.21. The Hall–Kier alpha value is -2.35. The molecule has 22 heavy (non-hydrogen) atoms. The van der Waals surface area contributed by atoms with E-state index in [9.17, 15) is 4.79 Å². The Kier molecular flexibility index (Phi) is 4.10. The Morgan fingerprint density at radius 3 is 3.14 bits per heavy atom. The summed E-state index contributed by atoms with van der Waals surface area (Å²) >= 11 is 3.43. The molecule has 0 saturated carbocycles. The molecule has 0 aromatic carbocycles. The number of H-pyrrole nitrogens is 1. The van der Waals surface area contributed by atoms with Crippen molar-refractivity contribution in [2.45, 2.75) is 20.0 Å². The first-order valence-electron chi connectivity index (χ1n) is 6.76. The van der Waals surface area contributed by atoms with Crippen molar-refractivity contribution < 1.29 is 9.21 Å². The number of amides is 1. The fourth-order valence-corrected chi connectivity index (χ4v) is 2.52. The highest BCUT2D eigenvalue weighted by Crippen LogP contribution is 2.18. The van der Waals surface area contributed by atoms with Crippen LogP contribution in [0.5, 0.6) is 0 Å². The highest BCUT2D eigenvalue weighted by molar-refractivity contribution is 9.10. The first-order valence-corrected chi connectivity index (χ1v) is 7.56. The minimum atomic E-state index is -0.259. The molecule has 3 aromatic rings. The summed E-state index contributed by atoms with van der Waals surface area (Å²) in [4.78, 5) is 12.2. The van der Waals surface area contributed by atoms with Crippen LogP contribution in [0.1, 0.15) is 23.1 Å². The number of rotatable bonds is 5. The molecule has 0 aliphatic rings. The lowest BCUT2D eigenvalue weighted by molar-refractivity contribution is 0.0945. The average molecular weight is 364 g/mol. The van der Waals surface area contributed by atoms with Crippen LogP contribution in [0.2, 0.25) is 0 Å². The van der Waals surface area contributed by atoms with Gasteiger partial charge in [-0.05, 0) is 35.0 Å². The van der Waals surface area contributed by atoms with Crippen LogP contribution in [-0.4, -0.2) is 25.9 Å². The number of aromatic amines is 1. The van der Waals surface area contributed by atoms with Gasteiger partial charge in [0.15, 0.2) is 11.5 Å². The predicted molar refractivity (Wildman–Crippen MR) is 83.1 cm³/mol. The van der Waals surface area contributed by atoms with Crippen molar-refractivity contribution in [3.8, 4) is 11.5 Å². The minimum Gasteiger partial charge on any atom is -0.463 e. The van der Waals surface area contributed by atoms with E-state index < -0.39 is 0 Å². The van der Waals surface area contributed by atoms with Crippen molar-refractivity contribution in [1.29, 1.82) is 0 Å². The Bertz CT molecular complexity index is 775. The molecule has 2 N–H and O–H groups in total. The number of carbonyl (C=O) groups excluding carboxylic acids is 1. The van der Waals surface area contributed by atoms with Crippen molar-refractivity contribution >= 4 is 21.8 Å². The monoisotopic (exact) mass is 363 g/mol. The quantitative estimate of drug-likeness (QED) is 0.728. The lowest BCUT2D eigenvalue weighted by atomic mass is 10.3. The molecule has 0 bridgehead atoms. The van der Waals surface area contributed by atoms with Gasteiger partial charge in [-0.3, -0.25) is 14.6 Å². The predicted octanol–water partition coefficient (Wildman–Crippen LogP) is 2.58. The van der Waals surface area contributed by atoms with Gasteiger partial charge in [0.2, 0.25) is 0 Å². The van der Waals surface area contributed by atoms with Crippen molar-refractivity contribution in [2.24, 2.45) is 0 Å². The molecular weight excluding hydrogens is 350 g/mol. The minimum absolute atomic E-state index is 0.259. The van der Waals surface area contributed by atoms with Gasteiger partial charge in [0.1, 0.15) is 5.69 Å². The fourth-order valence-electron chi connectivity index (χ4n) is 2.09. The van der Waals surface area contributed by atoms with Gasteiger partial charge in [-0.1, -0.05) is 0 Å². The highest BCUT2D eigenvalue weighted by Gasteiger charge is 2.14. The van der Waals surface area contributed by atoms with Crippen molar-refractivity contribution in [3.05, 3.63) is 46.5 Å². The van der Waals surface area contributed by atoms with Gasteiger partial charge >= 0.3 is 0 Å². The molecule has 0 saturated heterocycles. The average Bonchev–Trinajstić information content (AvgIpc) is 3.25. The van der Waals surface area contributed by atoms with Crippen LogP contribution < -0.4 is 5.32 Å². The second-order valence-corrected chi connectivity index (χ2v) is 5.44. The third kappa shape index (κ3) is 2.82. The Morgan fingerprint density at radius 2 is 2.41 bits per heavy atom. The second kappa shape index (κ2) is 6.18. The van der Waals surface area contributed by atoms with Gasteiger partial charge in [-0.2, -0.15) is 10.2 Å². The number of nitrogens with one attached hydrogen (secondary N) is 2. The molecule has 1 amide bonds. The lowest BCUT2D eigenvalue weighted by Gasteiger charge is -2.06. The van der Waals surface area contributed by atoms with E-state index in [1.807, 2.05) is 11.6 Å². The molecule has 3 heterocycles. The summed E-state index contributed by atoms with van der Waals surface area (Å²) in [6.07, 6.45) is 3.29. The van der Waals surface area contributed by atoms with E-state index in [-0.39, 0.29) is 5.91 Å². The zero-order valence-corrected chi connectivity index (χ0v) is 13.4. The van der Waals surface area contributed by atoms with Crippen molar-refractivity contribution in [1.82, 2.24) is 25.3 Å². The molecule has 0 spiro atoms. The van der Waals surface area contributed by atoms with E-state index in [0.29, 0.717) is 23.7 Å². The number of aryl methyl sites for hydroxylation is 1. The standard InChI is InChI=1S/C14H14BrN5O2/c1-2-20-12(9(15)7-17-20)8-16-14(21)11-6-10(18-19-11)13-4-3-5-22-13/h3-7H,2,8H2,1H3,(H,16,21)(H,18,19). The molecule has 0 aliphatic carbocycles. The Balaban J connectivity index is 1.69. The summed E-state index contributed by atoms with van der Waals surface area (Å²) < 4.78 is 7.95. The van der Waals surface area contributed by atoms with Crippen LogP contribution in [0, 0.1) is 0 Å². The molecule has 3 rings (SSSR count). The fraction of sp³-hybridized carbons (Fsp3) is 0.214. The van der Waals surface area contributed by atoms with E-state index in [1.165, 1.54) is 0 Å². The number of hydrogen-bond acceptors (Lipinski definition) is 4. The largest absolute Gasteiger partial charge is 0.463 e. The molecule has 0 atom stereocenters. The SMILES string of the molecule is CCn1ncc(Br)c1CNC(=O)c1cc(-c2ccco2)[nH]n1. The molecule has 8 heteroatoms. The lowest BCUT2D eigenvalue weighted by Crippen LogP contribution is -2.25. The first-order chi connectivity index (χ1) is 10.7. The number of hydrogen-bond donors (Lipinski definition) is 2. The summed E-state index contributed by atoms with van der Waals surface area (Å²) in [7, 11) is 0. The summed E-state index contributed by atoms with van der Waals surface area (Å²) in [5, 5.41) is 13.8. The summed E-state index contributed by atoms with van der Waals surface area (Å²) in [5.74, 6) is 0.378. The number of nitrogens with zero attached hydrogens (tertiary/aromatic N) is 3. The van der Waals surface area contributed by atoms with Crippen LogP contribution in [0.15, 0.2) is 39.5 Å². The van der Waals surface area contributed by atoms with E-state index in [4.69, 9.17) is 4.42 Å². The number of furan rings is 1. The van der Waals surface area contributed by atoms with E-state index in [2.05, 4.69) is 36.5 Å². The van der Waals surface area contributed by atoms with Gasteiger partial charge in [0, 0.05) is 12.6 Å². The molecule has 0 radical (unpaired) electrons. The molecule has 3 aromatic heterocycles. The molecule has 0 unspecified atom stereocenters. The maximum Gasteiger partial charge on any atom is 0.272 e. The van der Waals surface area contributed by atoms with Crippen LogP contribution in [0.3, 0.4) is 0 Å². The normalized spacial score (nSPS) is 10.8. The van der Waals surface area contributed by atoms with Gasteiger partial charge in [-0.25, -0.2) is 0 Å².